The molecule has 0 heterocycles. The number of nitro benzene ring substituents is 2. The summed E-state index contributed by atoms with van der Waals surface area (Å²) >= 11 is 0. The van der Waals surface area contributed by atoms with Crippen LogP contribution in [-0.4, -0.2) is 56.2 Å². The maximum Gasteiger partial charge on any atom is 1.00 e. The Labute approximate surface area is 461 Å². The van der Waals surface area contributed by atoms with Gasteiger partial charge in [0.15, 0.2) is 11.5 Å². The molecule has 0 amide bonds. The molecule has 0 aromatic heterocycles. The molecule has 35 heteroatoms. The van der Waals surface area contributed by atoms with Gasteiger partial charge in [-0.3, -0.25) is 20.2 Å². The molecule has 8 aromatic rings. The quantitative estimate of drug-likeness (QED) is 0.0182. The molecule has 14 N–H and O–H groups in total. The summed E-state index contributed by atoms with van der Waals surface area (Å²) in [4.78, 5) is 63.7. The van der Waals surface area contributed by atoms with E-state index in [-0.39, 0.29) is 80.5 Å². The Hall–Kier alpha value is -8.37. The minimum Gasteiger partial charge on any atom is -0.807 e. The van der Waals surface area contributed by atoms with Crippen LogP contribution in [0.3, 0.4) is 0 Å². The molecule has 0 saturated heterocycles. The third-order valence-electron chi connectivity index (χ3n) is 10.4. The van der Waals surface area contributed by atoms with Gasteiger partial charge in [-0.25, -0.2) is 16.8 Å². The van der Waals surface area contributed by atoms with Crippen molar-refractivity contribution in [3.05, 3.63) is 154 Å². The number of aromatic hydroxyl groups is 4. The van der Waals surface area contributed by atoms with E-state index in [0.717, 1.165) is 72.8 Å². The molecule has 8 rings (SSSR count). The number of anilines is 4. The predicted octanol–water partition coefficient (Wildman–Crippen LogP) is 6.84. The largest absolute Gasteiger partial charge is 1.00 e. The monoisotopic (exact) mass is 1210 g/mol. The number of non-ortho nitro benzene ring substituents is 2. The van der Waals surface area contributed by atoms with Crippen LogP contribution in [0.25, 0.3) is 21.5 Å². The molecule has 0 aliphatic heterocycles. The van der Waals surface area contributed by atoms with Crippen LogP contribution < -0.4 is 53.1 Å². The van der Waals surface area contributed by atoms with Gasteiger partial charge in [0, 0.05) is 74.6 Å². The Balaban J connectivity index is 0. The van der Waals surface area contributed by atoms with Crippen molar-refractivity contribution >= 4 is 124 Å². The summed E-state index contributed by atoms with van der Waals surface area (Å²) < 4.78 is 94.4. The standard InChI is InChI=1S/2C22H17N4O10PS.Co.2H3N/c2*27-19-7-5-15(26(29)30)11-18(19)24-25-21-20(38(34,35)36)9-12-8-14(4-6-17(12)22(21)28)23-13-2-1-3-16(10-13)37(31,32)33;;;/h2*1-11,23,27-28H,(H2,31,32,33)(H,34,35,36);;2*1H3/p+1. The summed E-state index contributed by atoms with van der Waals surface area (Å²) in [7, 11) is -20.5. The zero-order valence-corrected chi connectivity index (χ0v) is 44.2. The van der Waals surface area contributed by atoms with Gasteiger partial charge in [0.05, 0.1) is 19.6 Å². The molecule has 0 bridgehead atoms. The maximum absolute atomic E-state index is 12.0. The second kappa shape index (κ2) is 24.5. The van der Waals surface area contributed by atoms with Gasteiger partial charge < -0.3 is 81.2 Å². The number of rotatable bonds is 14. The van der Waals surface area contributed by atoms with E-state index in [0.29, 0.717) is 0 Å². The summed E-state index contributed by atoms with van der Waals surface area (Å²) in [6.07, 6.45) is 0. The number of phenols is 4. The number of fused-ring (bicyclic) bond motifs is 2. The fourth-order valence-corrected chi connectivity index (χ4v) is 9.32. The Morgan fingerprint density at radius 1 is 0.481 bits per heavy atom. The first-order chi connectivity index (χ1) is 35.5. The van der Waals surface area contributed by atoms with Crippen LogP contribution in [0.5, 0.6) is 23.0 Å². The van der Waals surface area contributed by atoms with Gasteiger partial charge in [-0.15, -0.1) is 20.5 Å². The Bertz CT molecular complexity index is 3880. The predicted molar refractivity (Wildman–Crippen MR) is 276 cm³/mol. The van der Waals surface area contributed by atoms with E-state index >= 15 is 0 Å². The molecule has 79 heavy (non-hydrogen) atoms. The number of azo groups is 2. The fraction of sp³-hybridized carbons (Fsp3) is 0. The van der Waals surface area contributed by atoms with Gasteiger partial charge >= 0.3 is 7.13 Å². The SMILES string of the molecule is O=[N+]([O-])c1ccc(O)c(N=Nc2c(S(=O)(=O)[O-])cc3cc(Nc4cccc(P(=O)([O-])[O-])c4)ccc3c2O)c1.O=[N+]([O-])c1ccc(O)c(N=Nc2c(S(=O)(=O)[O-])cc3cc(Nc4cccc(P(=O)([O-])[O-])c4)ccc3c2O)c1.[Co].[H+].[H+].[H+].[H+].[H+].[NH4+].[NH4+]. The fourth-order valence-electron chi connectivity index (χ4n) is 6.89. The molecule has 8 aromatic carbocycles. The van der Waals surface area contributed by atoms with E-state index in [4.69, 9.17) is 0 Å². The number of phenolic OH excluding ortho intramolecular Hbond substituents is 4. The zero-order valence-electron chi connectivity index (χ0n) is 44.8. The molecule has 0 aliphatic rings. The van der Waals surface area contributed by atoms with E-state index in [1.165, 1.54) is 60.7 Å². The minimum atomic E-state index is -5.23. The van der Waals surface area contributed by atoms with E-state index < -0.39 is 123 Å². The van der Waals surface area contributed by atoms with Gasteiger partial charge in [0.25, 0.3) is 11.4 Å². The van der Waals surface area contributed by atoms with Crippen LogP contribution in [-0.2, 0) is 46.1 Å². The van der Waals surface area contributed by atoms with Crippen LogP contribution in [0, 0.1) is 20.2 Å². The smallest absolute Gasteiger partial charge is 0.807 e. The summed E-state index contributed by atoms with van der Waals surface area (Å²) in [5, 5.41) is 82.5. The van der Waals surface area contributed by atoms with Gasteiger partial charge in [-0.1, -0.05) is 24.3 Å². The van der Waals surface area contributed by atoms with Crippen molar-refractivity contribution in [2.24, 2.45) is 20.5 Å². The van der Waals surface area contributed by atoms with Gasteiger partial charge in [-0.2, -0.15) is 0 Å². The van der Waals surface area contributed by atoms with E-state index in [1.807, 2.05) is 0 Å². The molecule has 0 spiro atoms. The Morgan fingerprint density at radius 2 is 0.823 bits per heavy atom. The normalized spacial score (nSPS) is 11.7. The number of hydrogen-bond donors (Lipinski definition) is 8. The van der Waals surface area contributed by atoms with Crippen LogP contribution in [0.2, 0.25) is 0 Å². The van der Waals surface area contributed by atoms with E-state index in [1.54, 1.807) is 0 Å². The maximum atomic E-state index is 12.0. The van der Waals surface area contributed by atoms with Crippen LogP contribution in [0.4, 0.5) is 56.9 Å². The summed E-state index contributed by atoms with van der Waals surface area (Å²) in [6.45, 7) is 0. The second-order valence-electron chi connectivity index (χ2n) is 15.5. The number of hydrogen-bond acceptors (Lipinski definition) is 26. The first-order valence-electron chi connectivity index (χ1n) is 20.6. The first kappa shape index (κ1) is 63.2. The van der Waals surface area contributed by atoms with Crippen molar-refractivity contribution in [2.75, 3.05) is 10.6 Å². The molecule has 0 aliphatic carbocycles. The number of nitrogens with zero attached hydrogens (tertiary/aromatic N) is 6. The summed E-state index contributed by atoms with van der Waals surface area (Å²) in [6, 6.07) is 25.8. The van der Waals surface area contributed by atoms with Gasteiger partial charge in [-0.05, 0) is 122 Å². The molecule has 0 unspecified atom stereocenters. The van der Waals surface area contributed by atoms with Gasteiger partial charge in [0.2, 0.25) is 0 Å². The Kier molecular flexibility index (Phi) is 19.6. The van der Waals surface area contributed by atoms with Crippen molar-refractivity contribution in [2.45, 2.75) is 9.79 Å². The summed E-state index contributed by atoms with van der Waals surface area (Å²) in [5.74, 6) is -2.57. The molecule has 417 valence electrons. The molecule has 1 radical (unpaired) electrons. The third kappa shape index (κ3) is 15.0. The number of nitrogens with one attached hydrogen (secondary N) is 2. The Morgan fingerprint density at radius 3 is 1.14 bits per heavy atom. The number of nitro groups is 2. The van der Waals surface area contributed by atoms with Crippen LogP contribution in [0.15, 0.2) is 164 Å². The third-order valence-corrected chi connectivity index (χ3v) is 13.9. The average molecular weight is 1210 g/mol. The van der Waals surface area contributed by atoms with Crippen molar-refractivity contribution in [1.82, 2.24) is 12.3 Å². The minimum absolute atomic E-state index is 0. The topological polar surface area (TPSA) is 554 Å². The molecule has 0 atom stereocenters. The van der Waals surface area contributed by atoms with Crippen molar-refractivity contribution in [3.8, 4) is 23.0 Å². The second-order valence-corrected chi connectivity index (χ2v) is 21.2. The zero-order chi connectivity index (χ0) is 55.7. The first-order valence-corrected chi connectivity index (χ1v) is 26.5. The van der Waals surface area contributed by atoms with E-state index in [2.05, 4.69) is 31.1 Å². The molecule has 30 nitrogen and oxygen atoms in total. The van der Waals surface area contributed by atoms with Gasteiger partial charge in [0.1, 0.15) is 54.5 Å². The molecule has 0 fully saturated rings. The van der Waals surface area contributed by atoms with Crippen molar-refractivity contribution < 1.29 is 109 Å². The number of benzene rings is 8. The molecule has 0 saturated carbocycles. The van der Waals surface area contributed by atoms with Crippen LogP contribution >= 0.6 is 15.2 Å². The average Bonchev–Trinajstić information content (AvgIpc) is 3.33. The molecular weight excluding hydrogens is 1170 g/mol. The number of quaternary nitrogens is 2. The molecular formula is C44H41CoN10O20P2S2+. The van der Waals surface area contributed by atoms with E-state index in [9.17, 15) is 95.3 Å². The van der Waals surface area contributed by atoms with Crippen molar-refractivity contribution in [1.29, 1.82) is 0 Å². The summed E-state index contributed by atoms with van der Waals surface area (Å²) in [5.41, 5.74) is -2.25. The van der Waals surface area contributed by atoms with Crippen LogP contribution in [0.1, 0.15) is 7.13 Å². The van der Waals surface area contributed by atoms with Crippen molar-refractivity contribution in [3.63, 3.8) is 0 Å².